The van der Waals surface area contributed by atoms with E-state index < -0.39 is 17.7 Å². The van der Waals surface area contributed by atoms with Gasteiger partial charge in [0.2, 0.25) is 17.7 Å². The highest BCUT2D eigenvalue weighted by atomic mass is 16.6. The number of rotatable bonds is 10. The molecule has 5 N–H and O–H groups in total. The van der Waals surface area contributed by atoms with E-state index in [-0.39, 0.29) is 53.8 Å². The number of hydrogen-bond acceptors (Lipinski definition) is 7. The zero-order valence-corrected chi connectivity index (χ0v) is 32.4. The molecule has 1 saturated carbocycles. The highest BCUT2D eigenvalue weighted by Crippen LogP contribution is 2.32. The third kappa shape index (κ3) is 8.87. The van der Waals surface area contributed by atoms with Gasteiger partial charge >= 0.3 is 6.09 Å². The van der Waals surface area contributed by atoms with E-state index in [1.807, 2.05) is 88.4 Å². The Hall–Kier alpha value is -5.72. The van der Waals surface area contributed by atoms with E-state index >= 15 is 0 Å². The second-order valence-corrected chi connectivity index (χ2v) is 16.5. The quantitative estimate of drug-likeness (QED) is 0.142. The number of nitrogens with zero attached hydrogens (tertiary/aromatic N) is 2. The Morgan fingerprint density at radius 2 is 1.73 bits per heavy atom. The van der Waals surface area contributed by atoms with Crippen LogP contribution in [0.25, 0.3) is 22.0 Å². The first-order valence-corrected chi connectivity index (χ1v) is 19.6. The highest BCUT2D eigenvalue weighted by molar-refractivity contribution is 6.00. The maximum Gasteiger partial charge on any atom is 0.407 e. The Labute approximate surface area is 326 Å². The van der Waals surface area contributed by atoms with Crippen molar-refractivity contribution in [1.82, 2.24) is 31.0 Å². The minimum Gasteiger partial charge on any atom is -0.444 e. The fourth-order valence-electron chi connectivity index (χ4n) is 8.25. The first-order chi connectivity index (χ1) is 26.8. The summed E-state index contributed by atoms with van der Waals surface area (Å²) in [5.74, 6) is -0.505. The lowest BCUT2D eigenvalue weighted by Crippen LogP contribution is -2.48. The summed E-state index contributed by atoms with van der Waals surface area (Å²) in [7, 11) is 0. The van der Waals surface area contributed by atoms with Gasteiger partial charge in [0.05, 0.1) is 11.7 Å². The van der Waals surface area contributed by atoms with Gasteiger partial charge in [0.15, 0.2) is 0 Å². The van der Waals surface area contributed by atoms with Crippen LogP contribution in [0.1, 0.15) is 74.4 Å². The van der Waals surface area contributed by atoms with E-state index in [1.165, 1.54) is 0 Å². The number of hydrogen-bond donors (Lipinski definition) is 5. The number of nitrogens with one attached hydrogen (secondary N) is 5. The Kier molecular flexibility index (Phi) is 11.1. The fourth-order valence-corrected chi connectivity index (χ4v) is 8.25. The van der Waals surface area contributed by atoms with Crippen LogP contribution in [-0.4, -0.2) is 82.1 Å². The molecule has 56 heavy (non-hydrogen) atoms. The number of ether oxygens (including phenoxy) is 1. The van der Waals surface area contributed by atoms with Crippen LogP contribution in [-0.2, 0) is 25.5 Å². The van der Waals surface area contributed by atoms with Gasteiger partial charge in [-0.25, -0.2) is 4.79 Å². The second kappa shape index (κ2) is 16.2. The molecular weight excluding hydrogens is 711 g/mol. The zero-order valence-electron chi connectivity index (χ0n) is 32.4. The van der Waals surface area contributed by atoms with E-state index in [9.17, 15) is 24.0 Å². The van der Waals surface area contributed by atoms with Gasteiger partial charge in [-0.3, -0.25) is 24.3 Å². The van der Waals surface area contributed by atoms with Crippen LogP contribution >= 0.6 is 0 Å². The number of alkyl carbamates (subject to hydrolysis) is 1. The number of fused-ring (bicyclic) bond motifs is 2. The molecule has 0 radical (unpaired) electrons. The average molecular weight is 762 g/mol. The number of aromatic amines is 1. The van der Waals surface area contributed by atoms with Gasteiger partial charge in [0.25, 0.3) is 5.91 Å². The number of aromatic nitrogens is 2. The molecular formula is C43H51N7O6. The summed E-state index contributed by atoms with van der Waals surface area (Å²) in [6.45, 7) is 9.15. The van der Waals surface area contributed by atoms with Crippen molar-refractivity contribution in [3.63, 3.8) is 0 Å². The SMILES string of the molecule is Cc1cc(C(=O)N2CCC3CNC(=O)C32)ccc1-c1ccc(C[C@H](NC(=O)C2CCC(CNC(=O)OC(C)(C)C)CC2)C(=O)Nc2ccc3cn[nH]c3c2)cc1. The van der Waals surface area contributed by atoms with Crippen LogP contribution < -0.4 is 21.3 Å². The lowest BCUT2D eigenvalue weighted by atomic mass is 9.81. The summed E-state index contributed by atoms with van der Waals surface area (Å²) < 4.78 is 5.36. The monoisotopic (exact) mass is 761 g/mol. The standard InChI is InChI=1S/C43H51N7O6/c1-25-19-30(41(54)50-18-17-32-23-44-40(53)37(32)50)14-16-34(25)28-9-5-26(6-10-28)20-36(39(52)47-33-15-13-31-24-46-49-35(31)21-33)48-38(51)29-11-7-27(8-12-29)22-45-42(55)56-43(2,3)4/h5-6,9-10,13-16,19,21,24,27,29,32,36-37H,7-8,11-12,17-18,20,22-23H2,1-4H3,(H,44,53)(H,45,55)(H,46,49)(H,47,52)(H,48,51)/t27?,29?,32?,36-,37?/m0/s1. The lowest BCUT2D eigenvalue weighted by Gasteiger charge is -2.29. The molecule has 3 heterocycles. The molecule has 2 aliphatic heterocycles. The van der Waals surface area contributed by atoms with Crippen molar-refractivity contribution in [2.45, 2.75) is 83.9 Å². The zero-order chi connectivity index (χ0) is 39.6. The van der Waals surface area contributed by atoms with Crippen molar-refractivity contribution >= 4 is 46.3 Å². The minimum absolute atomic E-state index is 0.0714. The van der Waals surface area contributed by atoms with E-state index in [4.69, 9.17) is 4.74 Å². The summed E-state index contributed by atoms with van der Waals surface area (Å²) in [4.78, 5) is 67.2. The molecule has 3 aliphatic rings. The average Bonchev–Trinajstić information content (AvgIpc) is 3.91. The Morgan fingerprint density at radius 3 is 2.46 bits per heavy atom. The predicted octanol–water partition coefficient (Wildman–Crippen LogP) is 5.50. The molecule has 5 amide bonds. The summed E-state index contributed by atoms with van der Waals surface area (Å²) in [6.07, 6.45) is 5.24. The smallest absolute Gasteiger partial charge is 0.407 e. The van der Waals surface area contributed by atoms with Crippen LogP contribution in [0.3, 0.4) is 0 Å². The van der Waals surface area contributed by atoms with E-state index in [0.717, 1.165) is 52.4 Å². The van der Waals surface area contributed by atoms with E-state index in [0.29, 0.717) is 43.7 Å². The molecule has 3 fully saturated rings. The van der Waals surface area contributed by atoms with Crippen LogP contribution in [0.4, 0.5) is 10.5 Å². The third-order valence-corrected chi connectivity index (χ3v) is 11.3. The molecule has 3 aromatic carbocycles. The molecule has 4 aromatic rings. The van der Waals surface area contributed by atoms with Crippen molar-refractivity contribution in [2.24, 2.45) is 17.8 Å². The fraction of sp³-hybridized carbons (Fsp3) is 0.442. The number of carbonyl (C=O) groups excluding carboxylic acids is 5. The molecule has 2 unspecified atom stereocenters. The van der Waals surface area contributed by atoms with Gasteiger partial charge in [-0.05, 0) is 118 Å². The summed E-state index contributed by atoms with van der Waals surface area (Å²) >= 11 is 0. The van der Waals surface area contributed by atoms with Crippen molar-refractivity contribution < 1.29 is 28.7 Å². The lowest BCUT2D eigenvalue weighted by molar-refractivity contribution is -0.130. The van der Waals surface area contributed by atoms with Crippen molar-refractivity contribution in [2.75, 3.05) is 25.0 Å². The van der Waals surface area contributed by atoms with Gasteiger partial charge < -0.3 is 30.9 Å². The van der Waals surface area contributed by atoms with Gasteiger partial charge in [-0.2, -0.15) is 5.10 Å². The second-order valence-electron chi connectivity index (χ2n) is 16.5. The van der Waals surface area contributed by atoms with Crippen LogP contribution in [0, 0.1) is 24.7 Å². The van der Waals surface area contributed by atoms with Crippen molar-refractivity contribution in [3.8, 4) is 11.1 Å². The Morgan fingerprint density at radius 1 is 0.964 bits per heavy atom. The predicted molar refractivity (Wildman–Crippen MR) is 213 cm³/mol. The third-order valence-electron chi connectivity index (χ3n) is 11.3. The number of benzene rings is 3. The van der Waals surface area contributed by atoms with Crippen molar-refractivity contribution in [1.29, 1.82) is 0 Å². The minimum atomic E-state index is -0.837. The normalized spacial score (nSPS) is 21.2. The van der Waals surface area contributed by atoms with Gasteiger partial charge in [0, 0.05) is 54.5 Å². The Balaban J connectivity index is 1.01. The summed E-state index contributed by atoms with van der Waals surface area (Å²) in [6, 6.07) is 17.8. The van der Waals surface area contributed by atoms with Crippen LogP contribution in [0.2, 0.25) is 0 Å². The molecule has 0 spiro atoms. The van der Waals surface area contributed by atoms with E-state index in [1.54, 1.807) is 11.1 Å². The first kappa shape index (κ1) is 38.6. The molecule has 0 bridgehead atoms. The molecule has 294 valence electrons. The molecule has 13 nitrogen and oxygen atoms in total. The number of carbonyl (C=O) groups is 5. The summed E-state index contributed by atoms with van der Waals surface area (Å²) in [5, 5.41) is 19.7. The van der Waals surface area contributed by atoms with E-state index in [2.05, 4.69) is 31.5 Å². The number of H-pyrrole nitrogens is 1. The summed E-state index contributed by atoms with van der Waals surface area (Å²) in [5.41, 5.74) is 5.11. The maximum absolute atomic E-state index is 13.8. The molecule has 7 rings (SSSR count). The van der Waals surface area contributed by atoms with Gasteiger partial charge in [0.1, 0.15) is 17.7 Å². The number of amides is 5. The molecule has 1 aromatic heterocycles. The van der Waals surface area contributed by atoms with Crippen LogP contribution in [0.5, 0.6) is 0 Å². The molecule has 13 heteroatoms. The topological polar surface area (TPSA) is 175 Å². The van der Waals surface area contributed by atoms with Crippen LogP contribution in [0.15, 0.2) is 66.9 Å². The molecule has 3 atom stereocenters. The van der Waals surface area contributed by atoms with Crippen molar-refractivity contribution in [3.05, 3.63) is 83.6 Å². The number of anilines is 1. The largest absolute Gasteiger partial charge is 0.444 e. The van der Waals surface area contributed by atoms with Gasteiger partial charge in [-0.15, -0.1) is 0 Å². The first-order valence-electron chi connectivity index (χ1n) is 19.6. The molecule has 1 aliphatic carbocycles. The van der Waals surface area contributed by atoms with Gasteiger partial charge in [-0.1, -0.05) is 30.3 Å². The molecule has 2 saturated heterocycles. The highest BCUT2D eigenvalue weighted by Gasteiger charge is 2.45. The Bertz CT molecular complexity index is 2110. The number of aryl methyl sites for hydroxylation is 1. The maximum atomic E-state index is 13.8. The number of likely N-dealkylation sites (tertiary alicyclic amines) is 1.